The fraction of sp³-hybridized carbons (Fsp3) is 0.824. The summed E-state index contributed by atoms with van der Waals surface area (Å²) in [6.45, 7) is 11.5. The van der Waals surface area contributed by atoms with Crippen LogP contribution in [0.15, 0.2) is 12.7 Å². The normalized spacial score (nSPS) is 23.0. The lowest BCUT2D eigenvalue weighted by atomic mass is 9.95. The van der Waals surface area contributed by atoms with Crippen LogP contribution >= 0.6 is 0 Å². The Hall–Kier alpha value is -1.27. The van der Waals surface area contributed by atoms with E-state index in [2.05, 4.69) is 43.5 Å². The van der Waals surface area contributed by atoms with Gasteiger partial charge in [0, 0.05) is 32.7 Å². The molecule has 0 bridgehead atoms. The van der Waals surface area contributed by atoms with Crippen LogP contribution < -0.4 is 0 Å². The van der Waals surface area contributed by atoms with Crippen molar-refractivity contribution in [2.75, 3.05) is 32.7 Å². The van der Waals surface area contributed by atoms with Crippen molar-refractivity contribution in [1.82, 2.24) is 30.0 Å². The van der Waals surface area contributed by atoms with E-state index in [9.17, 15) is 0 Å². The summed E-state index contributed by atoms with van der Waals surface area (Å²) >= 11 is 0. The van der Waals surface area contributed by atoms with Gasteiger partial charge in [-0.1, -0.05) is 32.3 Å². The molecule has 1 aliphatic carbocycles. The Labute approximate surface area is 139 Å². The summed E-state index contributed by atoms with van der Waals surface area (Å²) in [7, 11) is 0. The second kappa shape index (κ2) is 8.02. The van der Waals surface area contributed by atoms with Crippen LogP contribution in [0.4, 0.5) is 0 Å². The molecule has 0 N–H and O–H groups in total. The molecule has 6 nitrogen and oxygen atoms in total. The molecule has 0 radical (unpaired) electrons. The third-order valence-corrected chi connectivity index (χ3v) is 5.36. The lowest BCUT2D eigenvalue weighted by Gasteiger charge is -2.38. The van der Waals surface area contributed by atoms with Crippen LogP contribution in [-0.2, 0) is 0 Å². The SMILES string of the molecule is C=CCN1CCN([C@H](CC)c2nnnn2C2CCCCC2)CC1. The fourth-order valence-electron chi connectivity index (χ4n) is 4.05. The third-order valence-electron chi connectivity index (χ3n) is 5.36. The second-order valence-electron chi connectivity index (χ2n) is 6.82. The van der Waals surface area contributed by atoms with Gasteiger partial charge < -0.3 is 0 Å². The van der Waals surface area contributed by atoms with Gasteiger partial charge in [-0.05, 0) is 29.7 Å². The number of tetrazole rings is 1. The van der Waals surface area contributed by atoms with E-state index in [0.717, 1.165) is 45.0 Å². The molecule has 1 atom stereocenters. The largest absolute Gasteiger partial charge is 0.297 e. The maximum absolute atomic E-state index is 4.42. The van der Waals surface area contributed by atoms with Crippen molar-refractivity contribution in [2.24, 2.45) is 0 Å². The van der Waals surface area contributed by atoms with Gasteiger partial charge >= 0.3 is 0 Å². The number of aromatic nitrogens is 4. The first-order chi connectivity index (χ1) is 11.3. The van der Waals surface area contributed by atoms with Crippen LogP contribution in [0.3, 0.4) is 0 Å². The molecule has 1 saturated heterocycles. The van der Waals surface area contributed by atoms with Crippen molar-refractivity contribution in [2.45, 2.75) is 57.5 Å². The quantitative estimate of drug-likeness (QED) is 0.754. The predicted molar refractivity (Wildman–Crippen MR) is 91.2 cm³/mol. The summed E-state index contributed by atoms with van der Waals surface area (Å²) in [6, 6.07) is 0.850. The van der Waals surface area contributed by atoms with Gasteiger partial charge in [0.25, 0.3) is 0 Å². The standard InChI is InChI=1S/C17H30N6/c1-3-10-21-11-13-22(14-12-21)16(4-2)17-18-19-20-23(17)15-8-6-5-7-9-15/h3,15-16H,1,4-14H2,2H3/t16-/m1/s1. The Morgan fingerprint density at radius 3 is 2.57 bits per heavy atom. The van der Waals surface area contributed by atoms with E-state index in [4.69, 9.17) is 0 Å². The minimum Gasteiger partial charge on any atom is -0.297 e. The molecule has 0 unspecified atom stereocenters. The number of rotatable bonds is 6. The van der Waals surface area contributed by atoms with Gasteiger partial charge in [-0.3, -0.25) is 9.80 Å². The monoisotopic (exact) mass is 318 g/mol. The lowest BCUT2D eigenvalue weighted by molar-refractivity contribution is 0.0929. The first-order valence-corrected chi connectivity index (χ1v) is 9.18. The van der Waals surface area contributed by atoms with E-state index in [1.165, 1.54) is 32.1 Å². The molecule has 0 amide bonds. The molecule has 2 aliphatic rings. The minimum atomic E-state index is 0.345. The highest BCUT2D eigenvalue weighted by molar-refractivity contribution is 4.97. The van der Waals surface area contributed by atoms with Crippen LogP contribution in [-0.4, -0.2) is 62.7 Å². The maximum Gasteiger partial charge on any atom is 0.168 e. The topological polar surface area (TPSA) is 50.1 Å². The Balaban J connectivity index is 1.69. The molecule has 3 rings (SSSR count). The number of piperazine rings is 1. The number of nitrogens with zero attached hydrogens (tertiary/aromatic N) is 6. The summed E-state index contributed by atoms with van der Waals surface area (Å²) < 4.78 is 2.14. The average Bonchev–Trinajstić information content (AvgIpc) is 3.08. The summed E-state index contributed by atoms with van der Waals surface area (Å²) in [4.78, 5) is 5.02. The predicted octanol–water partition coefficient (Wildman–Crippen LogP) is 2.43. The Bertz CT molecular complexity index is 485. The zero-order valence-corrected chi connectivity index (χ0v) is 14.4. The summed E-state index contributed by atoms with van der Waals surface area (Å²) in [6.07, 6.45) is 9.48. The van der Waals surface area contributed by atoms with E-state index in [1.54, 1.807) is 0 Å². The molecule has 1 aliphatic heterocycles. The van der Waals surface area contributed by atoms with Crippen molar-refractivity contribution in [3.63, 3.8) is 0 Å². The molecule has 2 heterocycles. The second-order valence-corrected chi connectivity index (χ2v) is 6.82. The van der Waals surface area contributed by atoms with Crippen LogP contribution in [0.5, 0.6) is 0 Å². The minimum absolute atomic E-state index is 0.345. The first kappa shape index (κ1) is 16.6. The van der Waals surface area contributed by atoms with Crippen molar-refractivity contribution in [3.8, 4) is 0 Å². The first-order valence-electron chi connectivity index (χ1n) is 9.18. The zero-order valence-electron chi connectivity index (χ0n) is 14.4. The Morgan fingerprint density at radius 1 is 1.17 bits per heavy atom. The van der Waals surface area contributed by atoms with Gasteiger partial charge in [-0.25, -0.2) is 4.68 Å². The lowest BCUT2D eigenvalue weighted by Crippen LogP contribution is -2.48. The van der Waals surface area contributed by atoms with Crippen molar-refractivity contribution in [1.29, 1.82) is 0 Å². The van der Waals surface area contributed by atoms with Gasteiger partial charge in [0.15, 0.2) is 5.82 Å². The van der Waals surface area contributed by atoms with E-state index in [-0.39, 0.29) is 0 Å². The zero-order chi connectivity index (χ0) is 16.1. The van der Waals surface area contributed by atoms with Crippen LogP contribution in [0, 0.1) is 0 Å². The van der Waals surface area contributed by atoms with Crippen LogP contribution in [0.1, 0.15) is 63.4 Å². The van der Waals surface area contributed by atoms with E-state index in [1.807, 2.05) is 6.08 Å². The summed E-state index contributed by atoms with van der Waals surface area (Å²) in [5, 5.41) is 12.8. The molecule has 0 spiro atoms. The summed E-state index contributed by atoms with van der Waals surface area (Å²) in [5.41, 5.74) is 0. The molecule has 1 aromatic heterocycles. The molecule has 23 heavy (non-hydrogen) atoms. The highest BCUT2D eigenvalue weighted by Crippen LogP contribution is 2.31. The smallest absolute Gasteiger partial charge is 0.168 e. The van der Waals surface area contributed by atoms with Crippen LogP contribution in [0.2, 0.25) is 0 Å². The van der Waals surface area contributed by atoms with Crippen LogP contribution in [0.25, 0.3) is 0 Å². The van der Waals surface area contributed by atoms with Gasteiger partial charge in [-0.2, -0.15) is 0 Å². The van der Waals surface area contributed by atoms with Gasteiger partial charge in [-0.15, -0.1) is 11.7 Å². The van der Waals surface area contributed by atoms with E-state index < -0.39 is 0 Å². The molecular weight excluding hydrogens is 288 g/mol. The van der Waals surface area contributed by atoms with E-state index in [0.29, 0.717) is 12.1 Å². The fourth-order valence-corrected chi connectivity index (χ4v) is 4.05. The van der Waals surface area contributed by atoms with Gasteiger partial charge in [0.2, 0.25) is 0 Å². The molecular formula is C17H30N6. The van der Waals surface area contributed by atoms with Crippen molar-refractivity contribution in [3.05, 3.63) is 18.5 Å². The van der Waals surface area contributed by atoms with Gasteiger partial charge in [0.05, 0.1) is 12.1 Å². The molecule has 128 valence electrons. The Kier molecular flexibility index (Phi) is 5.78. The molecule has 1 aromatic rings. The highest BCUT2D eigenvalue weighted by Gasteiger charge is 2.30. The number of hydrogen-bond donors (Lipinski definition) is 0. The molecule has 2 fully saturated rings. The highest BCUT2D eigenvalue weighted by atomic mass is 15.6. The average molecular weight is 318 g/mol. The number of hydrogen-bond acceptors (Lipinski definition) is 5. The van der Waals surface area contributed by atoms with E-state index >= 15 is 0 Å². The maximum atomic E-state index is 4.42. The molecule has 6 heteroatoms. The molecule has 0 aromatic carbocycles. The van der Waals surface area contributed by atoms with Crippen molar-refractivity contribution >= 4 is 0 Å². The third kappa shape index (κ3) is 3.80. The van der Waals surface area contributed by atoms with Crippen molar-refractivity contribution < 1.29 is 0 Å². The Morgan fingerprint density at radius 2 is 1.91 bits per heavy atom. The van der Waals surface area contributed by atoms with Gasteiger partial charge in [0.1, 0.15) is 0 Å². The summed E-state index contributed by atoms with van der Waals surface area (Å²) in [5.74, 6) is 1.08. The molecule has 1 saturated carbocycles.